The summed E-state index contributed by atoms with van der Waals surface area (Å²) < 4.78 is 52.6. The molecule has 9 nitrogen and oxygen atoms in total. The molecule has 252 valence electrons. The summed E-state index contributed by atoms with van der Waals surface area (Å²) >= 11 is 0. The third-order valence-electron chi connectivity index (χ3n) is 7.55. The first-order chi connectivity index (χ1) is 22.9. The van der Waals surface area contributed by atoms with Crippen LogP contribution in [0, 0.1) is 11.7 Å². The van der Waals surface area contributed by atoms with Crippen LogP contribution < -0.4 is 14.8 Å². The van der Waals surface area contributed by atoms with Gasteiger partial charge in [-0.3, -0.25) is 14.4 Å². The molecule has 0 saturated heterocycles. The summed E-state index contributed by atoms with van der Waals surface area (Å²) in [5, 5.41) is 3.08. The zero-order valence-corrected chi connectivity index (χ0v) is 27.9. The molecular formula is C37H39FN2O7S. The van der Waals surface area contributed by atoms with Crippen molar-refractivity contribution in [1.29, 1.82) is 0 Å². The first kappa shape index (κ1) is 35.8. The van der Waals surface area contributed by atoms with Gasteiger partial charge in [0.05, 0.1) is 24.5 Å². The highest BCUT2D eigenvalue weighted by Crippen LogP contribution is 2.24. The molecule has 48 heavy (non-hydrogen) atoms. The fraction of sp³-hybridized carbons (Fsp3) is 0.270. The van der Waals surface area contributed by atoms with Gasteiger partial charge in [-0.05, 0) is 77.4 Å². The SMILES string of the molecule is COC(=O)Cc1ccccc1S(=O)(=O)NC(=O)CCc1ccc(COc2ccccc2)cc1C(=O)NC(CC(C)C)c1ccc(F)cc1. The van der Waals surface area contributed by atoms with Crippen molar-refractivity contribution in [3.8, 4) is 5.75 Å². The zero-order valence-electron chi connectivity index (χ0n) is 27.1. The number of hydrogen-bond donors (Lipinski definition) is 2. The first-order valence-electron chi connectivity index (χ1n) is 15.5. The lowest BCUT2D eigenvalue weighted by molar-refractivity contribution is -0.139. The van der Waals surface area contributed by atoms with Gasteiger partial charge in [0.1, 0.15) is 18.2 Å². The summed E-state index contributed by atoms with van der Waals surface area (Å²) in [5.74, 6) is -1.31. The number of para-hydroxylation sites is 1. The Morgan fingerprint density at radius 2 is 1.54 bits per heavy atom. The number of hydrogen-bond acceptors (Lipinski definition) is 7. The maximum Gasteiger partial charge on any atom is 0.310 e. The molecule has 1 unspecified atom stereocenters. The van der Waals surface area contributed by atoms with Crippen LogP contribution in [0.15, 0.2) is 102 Å². The van der Waals surface area contributed by atoms with Gasteiger partial charge in [-0.1, -0.05) is 74.5 Å². The second-order valence-corrected chi connectivity index (χ2v) is 13.3. The lowest BCUT2D eigenvalue weighted by Gasteiger charge is -2.22. The Kier molecular flexibility index (Phi) is 12.5. The third kappa shape index (κ3) is 10.2. The van der Waals surface area contributed by atoms with Crippen LogP contribution in [-0.4, -0.2) is 33.3 Å². The molecule has 0 heterocycles. The Bertz CT molecular complexity index is 1830. The van der Waals surface area contributed by atoms with Gasteiger partial charge >= 0.3 is 5.97 Å². The summed E-state index contributed by atoms with van der Waals surface area (Å²) in [6.45, 7) is 4.23. The summed E-state index contributed by atoms with van der Waals surface area (Å²) in [7, 11) is -3.11. The topological polar surface area (TPSA) is 128 Å². The predicted molar refractivity (Wildman–Crippen MR) is 179 cm³/mol. The minimum absolute atomic E-state index is 0.0547. The molecule has 0 radical (unpaired) electrons. The fourth-order valence-corrected chi connectivity index (χ4v) is 6.41. The number of methoxy groups -OCH3 is 1. The molecule has 2 amide bonds. The van der Waals surface area contributed by atoms with Gasteiger partial charge in [-0.15, -0.1) is 0 Å². The normalized spacial score (nSPS) is 11.9. The molecule has 0 aliphatic rings. The van der Waals surface area contributed by atoms with Gasteiger partial charge in [-0.25, -0.2) is 17.5 Å². The van der Waals surface area contributed by atoms with E-state index in [9.17, 15) is 27.2 Å². The number of nitrogens with one attached hydrogen (secondary N) is 2. The van der Waals surface area contributed by atoms with Gasteiger partial charge in [-0.2, -0.15) is 0 Å². The standard InChI is InChI=1S/C37H39FN2O7S/c1-25(2)21-33(28-15-18-30(38)19-16-28)39-37(43)32-22-26(24-47-31-10-5-4-6-11-31)13-14-27(32)17-20-35(41)40-48(44,45)34-12-8-7-9-29(34)23-36(42)46-3/h4-16,18-19,22,25,33H,17,20-21,23-24H2,1-3H3,(H,39,43)(H,40,41). The highest BCUT2D eigenvalue weighted by molar-refractivity contribution is 7.90. The summed E-state index contributed by atoms with van der Waals surface area (Å²) in [6, 6.07) is 25.9. The maximum absolute atomic E-state index is 13.9. The number of benzene rings is 4. The fourth-order valence-electron chi connectivity index (χ4n) is 5.15. The monoisotopic (exact) mass is 674 g/mol. The molecule has 0 aromatic heterocycles. The lowest BCUT2D eigenvalue weighted by atomic mass is 9.95. The van der Waals surface area contributed by atoms with E-state index in [2.05, 4.69) is 14.8 Å². The van der Waals surface area contributed by atoms with E-state index < -0.39 is 33.8 Å². The molecule has 0 saturated carbocycles. The zero-order chi connectivity index (χ0) is 34.7. The number of halogens is 1. The van der Waals surface area contributed by atoms with Crippen LogP contribution >= 0.6 is 0 Å². The molecule has 11 heteroatoms. The minimum Gasteiger partial charge on any atom is -0.489 e. The summed E-state index contributed by atoms with van der Waals surface area (Å²) in [5.41, 5.74) is 2.48. The van der Waals surface area contributed by atoms with Crippen molar-refractivity contribution in [2.24, 2.45) is 5.92 Å². The van der Waals surface area contributed by atoms with Gasteiger partial charge in [0, 0.05) is 12.0 Å². The van der Waals surface area contributed by atoms with E-state index in [0.717, 1.165) is 5.56 Å². The minimum atomic E-state index is -4.31. The first-order valence-corrected chi connectivity index (χ1v) is 17.0. The Morgan fingerprint density at radius 1 is 0.854 bits per heavy atom. The molecule has 0 fully saturated rings. The lowest BCUT2D eigenvalue weighted by Crippen LogP contribution is -2.32. The van der Waals surface area contributed by atoms with Crippen LogP contribution in [-0.2, 0) is 43.8 Å². The van der Waals surface area contributed by atoms with E-state index in [1.807, 2.05) is 44.2 Å². The van der Waals surface area contributed by atoms with Crippen LogP contribution in [0.3, 0.4) is 0 Å². The summed E-state index contributed by atoms with van der Waals surface area (Å²) in [4.78, 5) is 38.5. The quantitative estimate of drug-likeness (QED) is 0.147. The van der Waals surface area contributed by atoms with Crippen LogP contribution in [0.25, 0.3) is 0 Å². The van der Waals surface area contributed by atoms with E-state index in [0.29, 0.717) is 28.9 Å². The maximum atomic E-state index is 13.9. The van der Waals surface area contributed by atoms with Gasteiger partial charge < -0.3 is 14.8 Å². The van der Waals surface area contributed by atoms with E-state index in [-0.39, 0.29) is 48.1 Å². The van der Waals surface area contributed by atoms with Gasteiger partial charge in [0.15, 0.2) is 0 Å². The Hall–Kier alpha value is -5.03. The molecule has 0 aliphatic carbocycles. The number of esters is 1. The molecule has 4 aromatic carbocycles. The van der Waals surface area contributed by atoms with Crippen LogP contribution in [0.1, 0.15) is 65.3 Å². The number of aryl methyl sites for hydroxylation is 1. The average Bonchev–Trinajstić information content (AvgIpc) is 3.06. The van der Waals surface area contributed by atoms with Crippen molar-refractivity contribution in [3.63, 3.8) is 0 Å². The van der Waals surface area contributed by atoms with Crippen molar-refractivity contribution in [2.45, 2.75) is 57.1 Å². The van der Waals surface area contributed by atoms with Gasteiger partial charge in [0.2, 0.25) is 5.91 Å². The number of carbonyl (C=O) groups excluding carboxylic acids is 3. The predicted octanol–water partition coefficient (Wildman–Crippen LogP) is 6.08. The highest BCUT2D eigenvalue weighted by Gasteiger charge is 2.24. The Labute approximate surface area is 280 Å². The highest BCUT2D eigenvalue weighted by atomic mass is 32.2. The second-order valence-electron chi connectivity index (χ2n) is 11.7. The van der Waals surface area contributed by atoms with Crippen molar-refractivity contribution in [2.75, 3.05) is 7.11 Å². The van der Waals surface area contributed by atoms with Crippen molar-refractivity contribution in [1.82, 2.24) is 10.0 Å². The molecule has 2 N–H and O–H groups in total. The third-order valence-corrected chi connectivity index (χ3v) is 9.02. The average molecular weight is 675 g/mol. The van der Waals surface area contributed by atoms with E-state index in [4.69, 9.17) is 4.74 Å². The van der Waals surface area contributed by atoms with E-state index in [1.54, 1.807) is 36.4 Å². The molecule has 0 aliphatic heterocycles. The number of carbonyl (C=O) groups is 3. The molecule has 4 rings (SSSR count). The van der Waals surface area contributed by atoms with Crippen LogP contribution in [0.2, 0.25) is 0 Å². The van der Waals surface area contributed by atoms with Crippen molar-refractivity contribution in [3.05, 3.63) is 131 Å². The largest absolute Gasteiger partial charge is 0.489 e. The smallest absolute Gasteiger partial charge is 0.310 e. The Balaban J connectivity index is 1.55. The number of rotatable bonds is 15. The van der Waals surface area contributed by atoms with Crippen LogP contribution in [0.5, 0.6) is 5.75 Å². The van der Waals surface area contributed by atoms with Crippen molar-refractivity contribution < 1.29 is 36.7 Å². The molecule has 4 aromatic rings. The Morgan fingerprint density at radius 3 is 2.23 bits per heavy atom. The molecule has 0 bridgehead atoms. The van der Waals surface area contributed by atoms with Crippen molar-refractivity contribution >= 4 is 27.8 Å². The number of sulfonamides is 1. The molecular weight excluding hydrogens is 635 g/mol. The molecule has 0 spiro atoms. The number of amides is 2. The molecule has 1 atom stereocenters. The van der Waals surface area contributed by atoms with E-state index >= 15 is 0 Å². The second kappa shape index (κ2) is 16.7. The van der Waals surface area contributed by atoms with Crippen LogP contribution in [0.4, 0.5) is 4.39 Å². The summed E-state index contributed by atoms with van der Waals surface area (Å²) in [6.07, 6.45) is 0.128. The number of ether oxygens (including phenoxy) is 2. The van der Waals surface area contributed by atoms with Gasteiger partial charge in [0.25, 0.3) is 15.9 Å². The van der Waals surface area contributed by atoms with E-state index in [1.165, 1.54) is 37.4 Å².